The van der Waals surface area contributed by atoms with Crippen molar-refractivity contribution in [2.24, 2.45) is 0 Å². The third kappa shape index (κ3) is 2.11. The van der Waals surface area contributed by atoms with Crippen molar-refractivity contribution in [2.75, 3.05) is 5.32 Å². The molecule has 0 aromatic carbocycles. The second-order valence-electron chi connectivity index (χ2n) is 4.95. The highest BCUT2D eigenvalue weighted by Gasteiger charge is 2.26. The average molecular weight is 269 g/mol. The van der Waals surface area contributed by atoms with E-state index in [0.717, 1.165) is 24.1 Å². The fourth-order valence-electron chi connectivity index (χ4n) is 2.63. The molecule has 20 heavy (non-hydrogen) atoms. The molecule has 0 saturated carbocycles. The molecule has 5 heteroatoms. The fourth-order valence-corrected chi connectivity index (χ4v) is 2.63. The number of pyridine rings is 1. The van der Waals surface area contributed by atoms with Crippen LogP contribution in [-0.4, -0.2) is 21.7 Å². The Labute approximate surface area is 116 Å². The summed E-state index contributed by atoms with van der Waals surface area (Å²) in [5.41, 5.74) is 3.43. The van der Waals surface area contributed by atoms with Gasteiger partial charge in [0.2, 0.25) is 0 Å². The third-order valence-corrected chi connectivity index (χ3v) is 3.58. The number of hydrogen-bond acceptors (Lipinski definition) is 3. The number of fused-ring (bicyclic) bond motifs is 1. The Morgan fingerprint density at radius 3 is 2.95 bits per heavy atom. The van der Waals surface area contributed by atoms with Crippen LogP contribution < -0.4 is 5.32 Å². The van der Waals surface area contributed by atoms with Gasteiger partial charge >= 0.3 is 0 Å². The molecule has 0 bridgehead atoms. The van der Waals surface area contributed by atoms with Crippen molar-refractivity contribution in [3.63, 3.8) is 0 Å². The minimum atomic E-state index is -0.238. The molecule has 0 spiro atoms. The summed E-state index contributed by atoms with van der Waals surface area (Å²) in [6.45, 7) is 1.82. The smallest absolute Gasteiger partial charge is 0.272 e. The molecule has 0 aliphatic heterocycles. The maximum Gasteiger partial charge on any atom is 0.272 e. The van der Waals surface area contributed by atoms with E-state index in [2.05, 4.69) is 15.3 Å². The van der Waals surface area contributed by atoms with E-state index in [-0.39, 0.29) is 11.7 Å². The van der Waals surface area contributed by atoms with Gasteiger partial charge in [0, 0.05) is 23.9 Å². The highest BCUT2D eigenvalue weighted by Crippen LogP contribution is 2.26. The lowest BCUT2D eigenvalue weighted by Gasteiger charge is -2.09. The van der Waals surface area contributed by atoms with E-state index in [1.807, 2.05) is 6.92 Å². The van der Waals surface area contributed by atoms with E-state index in [1.165, 1.54) is 0 Å². The van der Waals surface area contributed by atoms with Crippen LogP contribution in [0.2, 0.25) is 0 Å². The summed E-state index contributed by atoms with van der Waals surface area (Å²) in [5.74, 6) is -0.113. The first-order valence-electron chi connectivity index (χ1n) is 6.63. The summed E-state index contributed by atoms with van der Waals surface area (Å²) in [6, 6.07) is 3.53. The van der Waals surface area contributed by atoms with Crippen LogP contribution in [0.1, 0.15) is 44.9 Å². The first kappa shape index (κ1) is 12.6. The minimum Gasteiger partial charge on any atom is -0.354 e. The predicted octanol–water partition coefficient (Wildman–Crippen LogP) is 2.49. The molecule has 1 aliphatic carbocycles. The molecular formula is C15H15N3O2. The topological polar surface area (TPSA) is 74.8 Å². The molecule has 0 atom stereocenters. The number of carbonyl (C=O) groups excluding carboxylic acids is 2. The van der Waals surface area contributed by atoms with Gasteiger partial charge in [0.25, 0.3) is 5.91 Å². The number of aryl methyl sites for hydroxylation is 1. The van der Waals surface area contributed by atoms with Gasteiger partial charge in [-0.05, 0) is 37.5 Å². The van der Waals surface area contributed by atoms with Crippen molar-refractivity contribution in [3.05, 3.63) is 47.0 Å². The number of Topliss-reactive ketones (excluding diaryl/α,β-unsaturated/α-hetero) is 1. The quantitative estimate of drug-likeness (QED) is 0.879. The van der Waals surface area contributed by atoms with Crippen molar-refractivity contribution in [1.82, 2.24) is 9.97 Å². The van der Waals surface area contributed by atoms with E-state index in [9.17, 15) is 9.59 Å². The first-order valence-corrected chi connectivity index (χ1v) is 6.63. The van der Waals surface area contributed by atoms with Crippen LogP contribution in [0.5, 0.6) is 0 Å². The second kappa shape index (κ2) is 4.92. The SMILES string of the molecule is Cc1c(C(=O)Nc2cccnc2)[nH]c2c1C(=O)CCC2. The van der Waals surface area contributed by atoms with Gasteiger partial charge in [-0.25, -0.2) is 0 Å². The zero-order valence-corrected chi connectivity index (χ0v) is 11.2. The number of aromatic nitrogens is 2. The van der Waals surface area contributed by atoms with Gasteiger partial charge in [-0.1, -0.05) is 0 Å². The van der Waals surface area contributed by atoms with Crippen LogP contribution in [0.3, 0.4) is 0 Å². The summed E-state index contributed by atoms with van der Waals surface area (Å²) in [7, 11) is 0. The van der Waals surface area contributed by atoms with Gasteiger partial charge in [-0.3, -0.25) is 14.6 Å². The van der Waals surface area contributed by atoms with E-state index in [1.54, 1.807) is 24.5 Å². The Bertz CT molecular complexity index is 674. The molecule has 2 heterocycles. The second-order valence-corrected chi connectivity index (χ2v) is 4.95. The number of carbonyl (C=O) groups is 2. The lowest BCUT2D eigenvalue weighted by atomic mass is 9.94. The normalized spacial score (nSPS) is 13.9. The first-order chi connectivity index (χ1) is 9.66. The number of nitrogens with zero attached hydrogens (tertiary/aromatic N) is 1. The summed E-state index contributed by atoms with van der Waals surface area (Å²) < 4.78 is 0. The largest absolute Gasteiger partial charge is 0.354 e. The number of hydrogen-bond donors (Lipinski definition) is 2. The Balaban J connectivity index is 1.91. The van der Waals surface area contributed by atoms with Gasteiger partial charge in [0.05, 0.1) is 11.9 Å². The van der Waals surface area contributed by atoms with Gasteiger partial charge < -0.3 is 10.3 Å². The van der Waals surface area contributed by atoms with Gasteiger partial charge in [0.1, 0.15) is 5.69 Å². The standard InChI is InChI=1S/C15H15N3O2/c1-9-13-11(5-2-6-12(13)19)18-14(9)15(20)17-10-4-3-7-16-8-10/h3-4,7-8,18H,2,5-6H2,1H3,(H,17,20). The van der Waals surface area contributed by atoms with Crippen LogP contribution in [0.25, 0.3) is 0 Å². The van der Waals surface area contributed by atoms with Crippen molar-refractivity contribution >= 4 is 17.4 Å². The molecule has 5 nitrogen and oxygen atoms in total. The van der Waals surface area contributed by atoms with Gasteiger partial charge in [-0.2, -0.15) is 0 Å². The summed E-state index contributed by atoms with van der Waals surface area (Å²) in [5, 5.41) is 2.78. The highest BCUT2D eigenvalue weighted by atomic mass is 16.2. The maximum absolute atomic E-state index is 12.3. The highest BCUT2D eigenvalue weighted by molar-refractivity contribution is 6.08. The Morgan fingerprint density at radius 2 is 2.25 bits per heavy atom. The van der Waals surface area contributed by atoms with Crippen LogP contribution in [0.15, 0.2) is 24.5 Å². The molecule has 1 amide bonds. The van der Waals surface area contributed by atoms with Gasteiger partial charge in [0.15, 0.2) is 5.78 Å². The van der Waals surface area contributed by atoms with E-state index in [0.29, 0.717) is 23.4 Å². The Kier molecular flexibility index (Phi) is 3.10. The fraction of sp³-hybridized carbons (Fsp3) is 0.267. The van der Waals surface area contributed by atoms with Crippen LogP contribution >= 0.6 is 0 Å². The van der Waals surface area contributed by atoms with Crippen molar-refractivity contribution in [2.45, 2.75) is 26.2 Å². The van der Waals surface area contributed by atoms with Crippen LogP contribution in [-0.2, 0) is 6.42 Å². The molecule has 0 radical (unpaired) electrons. The Hall–Kier alpha value is -2.43. The van der Waals surface area contributed by atoms with E-state index in [4.69, 9.17) is 0 Å². The monoisotopic (exact) mass is 269 g/mol. The molecule has 0 unspecified atom stereocenters. The van der Waals surface area contributed by atoms with E-state index < -0.39 is 0 Å². The number of amides is 1. The summed E-state index contributed by atoms with van der Waals surface area (Å²) in [4.78, 5) is 31.3. The zero-order chi connectivity index (χ0) is 14.1. The number of H-pyrrole nitrogens is 1. The third-order valence-electron chi connectivity index (χ3n) is 3.58. The number of rotatable bonds is 2. The number of aromatic amines is 1. The molecular weight excluding hydrogens is 254 g/mol. The molecule has 2 aromatic rings. The van der Waals surface area contributed by atoms with Crippen molar-refractivity contribution < 1.29 is 9.59 Å². The molecule has 2 aromatic heterocycles. The molecule has 102 valence electrons. The summed E-state index contributed by atoms with van der Waals surface area (Å²) >= 11 is 0. The summed E-state index contributed by atoms with van der Waals surface area (Å²) in [6.07, 6.45) is 5.46. The number of ketones is 1. The maximum atomic E-state index is 12.3. The number of nitrogens with one attached hydrogen (secondary N) is 2. The number of anilines is 1. The molecule has 0 saturated heterocycles. The molecule has 2 N–H and O–H groups in total. The van der Waals surface area contributed by atoms with Crippen molar-refractivity contribution in [3.8, 4) is 0 Å². The van der Waals surface area contributed by atoms with Crippen LogP contribution in [0, 0.1) is 6.92 Å². The average Bonchev–Trinajstić information content (AvgIpc) is 2.79. The minimum absolute atomic E-state index is 0.125. The lowest BCUT2D eigenvalue weighted by Crippen LogP contribution is -2.14. The van der Waals surface area contributed by atoms with Crippen LogP contribution in [0.4, 0.5) is 5.69 Å². The predicted molar refractivity (Wildman–Crippen MR) is 75.0 cm³/mol. The molecule has 3 rings (SSSR count). The van der Waals surface area contributed by atoms with Crippen molar-refractivity contribution in [1.29, 1.82) is 0 Å². The zero-order valence-electron chi connectivity index (χ0n) is 11.2. The van der Waals surface area contributed by atoms with Gasteiger partial charge in [-0.15, -0.1) is 0 Å². The lowest BCUT2D eigenvalue weighted by molar-refractivity contribution is 0.0971. The molecule has 0 fully saturated rings. The molecule has 1 aliphatic rings. The Morgan fingerprint density at radius 1 is 1.40 bits per heavy atom. The van der Waals surface area contributed by atoms with E-state index >= 15 is 0 Å².